The first-order chi connectivity index (χ1) is 11.1. The van der Waals surface area contributed by atoms with Crippen molar-refractivity contribution in [2.24, 2.45) is 5.92 Å². The first-order valence-electron chi connectivity index (χ1n) is 7.37. The summed E-state index contributed by atoms with van der Waals surface area (Å²) < 4.78 is 14.4. The number of rotatable bonds is 3. The molecule has 1 aliphatic heterocycles. The molecule has 7 heteroatoms. The van der Waals surface area contributed by atoms with Gasteiger partial charge in [-0.25, -0.2) is 9.37 Å². The van der Waals surface area contributed by atoms with Crippen molar-refractivity contribution in [3.8, 4) is 5.69 Å². The number of benzene rings is 1. The Morgan fingerprint density at radius 3 is 2.48 bits per heavy atom. The number of carbonyl (C=O) groups is 1. The molecule has 0 aliphatic carbocycles. The van der Waals surface area contributed by atoms with E-state index >= 15 is 0 Å². The first-order valence-corrected chi connectivity index (χ1v) is 7.37. The molecule has 6 nitrogen and oxygen atoms in total. The molecule has 0 saturated carbocycles. The van der Waals surface area contributed by atoms with Gasteiger partial charge in [0.15, 0.2) is 5.82 Å². The van der Waals surface area contributed by atoms with Gasteiger partial charge < -0.3 is 10.0 Å². The van der Waals surface area contributed by atoms with Crippen LogP contribution in [0.1, 0.15) is 12.8 Å². The molecule has 3 rings (SSSR count). The summed E-state index contributed by atoms with van der Waals surface area (Å²) in [4.78, 5) is 29.6. The molecule has 0 radical (unpaired) electrons. The summed E-state index contributed by atoms with van der Waals surface area (Å²) in [5.74, 6) is -1.24. The quantitative estimate of drug-likeness (QED) is 0.932. The molecule has 1 fully saturated rings. The van der Waals surface area contributed by atoms with Crippen LogP contribution in [0.4, 0.5) is 10.2 Å². The maximum absolute atomic E-state index is 13.0. The van der Waals surface area contributed by atoms with E-state index in [1.165, 1.54) is 41.2 Å². The van der Waals surface area contributed by atoms with Crippen LogP contribution in [0.2, 0.25) is 0 Å². The first kappa shape index (κ1) is 15.2. The van der Waals surface area contributed by atoms with Crippen molar-refractivity contribution >= 4 is 11.8 Å². The largest absolute Gasteiger partial charge is 0.481 e. The van der Waals surface area contributed by atoms with Gasteiger partial charge in [0, 0.05) is 31.2 Å². The van der Waals surface area contributed by atoms with Gasteiger partial charge in [0.05, 0.1) is 5.92 Å². The zero-order valence-corrected chi connectivity index (χ0v) is 12.4. The van der Waals surface area contributed by atoms with Gasteiger partial charge in [-0.3, -0.25) is 14.2 Å². The summed E-state index contributed by atoms with van der Waals surface area (Å²) in [6.45, 7) is 0.958. The molecule has 120 valence electrons. The van der Waals surface area contributed by atoms with Crippen molar-refractivity contribution in [2.45, 2.75) is 12.8 Å². The maximum atomic E-state index is 13.0. The van der Waals surface area contributed by atoms with Crippen LogP contribution >= 0.6 is 0 Å². The molecule has 1 aromatic carbocycles. The lowest BCUT2D eigenvalue weighted by molar-refractivity contribution is -0.142. The van der Waals surface area contributed by atoms with Gasteiger partial charge in [-0.1, -0.05) is 0 Å². The Morgan fingerprint density at radius 2 is 1.87 bits per heavy atom. The van der Waals surface area contributed by atoms with Crippen molar-refractivity contribution in [3.05, 3.63) is 52.8 Å². The number of hydrogen-bond donors (Lipinski definition) is 1. The minimum Gasteiger partial charge on any atom is -0.481 e. The molecule has 1 saturated heterocycles. The number of halogens is 1. The second kappa shape index (κ2) is 6.20. The normalized spacial score (nSPS) is 15.6. The summed E-state index contributed by atoms with van der Waals surface area (Å²) in [6, 6.07) is 5.63. The summed E-state index contributed by atoms with van der Waals surface area (Å²) in [5, 5.41) is 9.03. The average Bonchev–Trinajstić information content (AvgIpc) is 2.56. The average molecular weight is 317 g/mol. The lowest BCUT2D eigenvalue weighted by atomic mass is 9.97. The predicted octanol–water partition coefficient (Wildman–Crippen LogP) is 1.67. The van der Waals surface area contributed by atoms with E-state index in [-0.39, 0.29) is 17.3 Å². The molecule has 0 atom stereocenters. The highest BCUT2D eigenvalue weighted by Gasteiger charge is 2.26. The third kappa shape index (κ3) is 3.08. The highest BCUT2D eigenvalue weighted by atomic mass is 19.1. The molecule has 1 N–H and O–H groups in total. The molecule has 0 amide bonds. The van der Waals surface area contributed by atoms with E-state index in [2.05, 4.69) is 4.98 Å². The summed E-state index contributed by atoms with van der Waals surface area (Å²) in [5.41, 5.74) is 0.258. The standard InChI is InChI=1S/C16H16FN3O3/c17-12-1-3-13(4-2-12)20-10-7-18-14(15(20)21)19-8-5-11(6-9-19)16(22)23/h1-4,7,10-11H,5-6,8-9H2,(H,22,23). The van der Waals surface area contributed by atoms with Crippen LogP contribution < -0.4 is 10.5 Å². The van der Waals surface area contributed by atoms with Gasteiger partial charge in [0.25, 0.3) is 5.56 Å². The molecular weight excluding hydrogens is 301 g/mol. The minimum absolute atomic E-state index is 0.292. The van der Waals surface area contributed by atoms with Gasteiger partial charge in [-0.2, -0.15) is 0 Å². The molecule has 1 aliphatic rings. The lowest BCUT2D eigenvalue weighted by Gasteiger charge is -2.30. The molecule has 0 unspecified atom stereocenters. The van der Waals surface area contributed by atoms with Gasteiger partial charge in [-0.05, 0) is 37.1 Å². The third-order valence-corrected chi connectivity index (χ3v) is 4.07. The van der Waals surface area contributed by atoms with Gasteiger partial charge >= 0.3 is 5.97 Å². The predicted molar refractivity (Wildman–Crippen MR) is 82.4 cm³/mol. The van der Waals surface area contributed by atoms with Crippen molar-refractivity contribution in [1.29, 1.82) is 0 Å². The Labute approximate surface area is 131 Å². The van der Waals surface area contributed by atoms with Crippen LogP contribution in [0.3, 0.4) is 0 Å². The Kier molecular flexibility index (Phi) is 4.10. The molecule has 1 aromatic heterocycles. The highest BCUT2D eigenvalue weighted by Crippen LogP contribution is 2.20. The van der Waals surface area contributed by atoms with E-state index in [0.717, 1.165) is 0 Å². The van der Waals surface area contributed by atoms with Crippen molar-refractivity contribution in [1.82, 2.24) is 9.55 Å². The number of carboxylic acid groups (broad SMARTS) is 1. The molecule has 23 heavy (non-hydrogen) atoms. The second-order valence-electron chi connectivity index (χ2n) is 5.50. The third-order valence-electron chi connectivity index (χ3n) is 4.07. The zero-order chi connectivity index (χ0) is 16.4. The number of hydrogen-bond acceptors (Lipinski definition) is 4. The fraction of sp³-hybridized carbons (Fsp3) is 0.312. The van der Waals surface area contributed by atoms with Crippen LogP contribution in [0.25, 0.3) is 5.69 Å². The van der Waals surface area contributed by atoms with Crippen molar-refractivity contribution < 1.29 is 14.3 Å². The second-order valence-corrected chi connectivity index (χ2v) is 5.50. The van der Waals surface area contributed by atoms with E-state index in [0.29, 0.717) is 37.4 Å². The SMILES string of the molecule is O=C(O)C1CCN(c2nccn(-c3ccc(F)cc3)c2=O)CC1. The van der Waals surface area contributed by atoms with Crippen LogP contribution in [0.15, 0.2) is 41.5 Å². The van der Waals surface area contributed by atoms with Gasteiger partial charge in [0.2, 0.25) is 0 Å². The summed E-state index contributed by atoms with van der Waals surface area (Å²) in [6.07, 6.45) is 4.02. The Balaban J connectivity index is 1.87. The number of nitrogens with zero attached hydrogens (tertiary/aromatic N) is 3. The van der Waals surface area contributed by atoms with E-state index in [4.69, 9.17) is 5.11 Å². The molecule has 0 bridgehead atoms. The van der Waals surface area contributed by atoms with E-state index in [1.807, 2.05) is 4.90 Å². The van der Waals surface area contributed by atoms with Crippen LogP contribution in [-0.2, 0) is 4.79 Å². The lowest BCUT2D eigenvalue weighted by Crippen LogP contribution is -2.40. The Bertz CT molecular complexity index is 765. The topological polar surface area (TPSA) is 75.4 Å². The summed E-state index contributed by atoms with van der Waals surface area (Å²) in [7, 11) is 0. The van der Waals surface area contributed by atoms with E-state index in [9.17, 15) is 14.0 Å². The van der Waals surface area contributed by atoms with E-state index < -0.39 is 5.97 Å². The Hall–Kier alpha value is -2.70. The van der Waals surface area contributed by atoms with Crippen molar-refractivity contribution in [3.63, 3.8) is 0 Å². The number of aliphatic carboxylic acids is 1. The van der Waals surface area contributed by atoms with Gasteiger partial charge in [0.1, 0.15) is 5.82 Å². The molecule has 2 aromatic rings. The number of piperidine rings is 1. The monoisotopic (exact) mass is 317 g/mol. The summed E-state index contributed by atoms with van der Waals surface area (Å²) >= 11 is 0. The molecule has 0 spiro atoms. The smallest absolute Gasteiger partial charge is 0.306 e. The molecular formula is C16H16FN3O3. The number of carboxylic acids is 1. The van der Waals surface area contributed by atoms with Crippen LogP contribution in [-0.4, -0.2) is 33.7 Å². The number of aromatic nitrogens is 2. The van der Waals surface area contributed by atoms with Crippen LogP contribution in [0.5, 0.6) is 0 Å². The fourth-order valence-corrected chi connectivity index (χ4v) is 2.76. The zero-order valence-electron chi connectivity index (χ0n) is 12.4. The fourth-order valence-electron chi connectivity index (χ4n) is 2.76. The Morgan fingerprint density at radius 1 is 1.22 bits per heavy atom. The highest BCUT2D eigenvalue weighted by molar-refractivity contribution is 5.70. The van der Waals surface area contributed by atoms with Crippen LogP contribution in [0, 0.1) is 11.7 Å². The number of anilines is 1. The van der Waals surface area contributed by atoms with E-state index in [1.54, 1.807) is 0 Å². The molecule has 2 heterocycles. The minimum atomic E-state index is -0.797. The van der Waals surface area contributed by atoms with Crippen molar-refractivity contribution in [2.75, 3.05) is 18.0 Å². The van der Waals surface area contributed by atoms with Gasteiger partial charge in [-0.15, -0.1) is 0 Å². The maximum Gasteiger partial charge on any atom is 0.306 e.